The molecule has 0 fully saturated rings. The molecule has 0 aliphatic heterocycles. The first kappa shape index (κ1) is 14.0. The van der Waals surface area contributed by atoms with Crippen molar-refractivity contribution >= 4 is 17.2 Å². The van der Waals surface area contributed by atoms with Gasteiger partial charge in [-0.2, -0.15) is 0 Å². The summed E-state index contributed by atoms with van der Waals surface area (Å²) in [6.45, 7) is 8.67. The molecule has 2 heterocycles. The summed E-state index contributed by atoms with van der Waals surface area (Å²) in [5, 5.41) is 3.13. The predicted molar refractivity (Wildman–Crippen MR) is 82.9 cm³/mol. The minimum atomic E-state index is 0.595. The Morgan fingerprint density at radius 2 is 1.95 bits per heavy atom. The lowest BCUT2D eigenvalue weighted by Crippen LogP contribution is -2.03. The van der Waals surface area contributed by atoms with E-state index in [1.165, 1.54) is 9.75 Å². The molecule has 0 aliphatic rings. The van der Waals surface area contributed by atoms with E-state index in [-0.39, 0.29) is 0 Å². The van der Waals surface area contributed by atoms with Crippen LogP contribution in [0.5, 0.6) is 0 Å². The molecule has 0 spiro atoms. The van der Waals surface area contributed by atoms with E-state index in [0.29, 0.717) is 5.92 Å². The van der Waals surface area contributed by atoms with Crippen LogP contribution in [0.15, 0.2) is 12.1 Å². The van der Waals surface area contributed by atoms with Gasteiger partial charge in [-0.05, 0) is 32.3 Å². The van der Waals surface area contributed by atoms with Crippen molar-refractivity contribution in [2.24, 2.45) is 5.92 Å². The summed E-state index contributed by atoms with van der Waals surface area (Å²) in [6.07, 6.45) is 0.979. The number of aromatic nitrogens is 2. The lowest BCUT2D eigenvalue weighted by molar-refractivity contribution is 0.635. The minimum absolute atomic E-state index is 0.595. The molecule has 0 aromatic carbocycles. The Morgan fingerprint density at radius 3 is 2.47 bits per heavy atom. The third-order valence-corrected chi connectivity index (χ3v) is 3.90. The van der Waals surface area contributed by atoms with Gasteiger partial charge in [-0.15, -0.1) is 11.3 Å². The highest BCUT2D eigenvalue weighted by Crippen LogP contribution is 2.29. The molecule has 0 aliphatic carbocycles. The van der Waals surface area contributed by atoms with Crippen LogP contribution in [0.25, 0.3) is 11.4 Å². The molecule has 0 saturated carbocycles. The molecule has 1 N–H and O–H groups in total. The zero-order chi connectivity index (χ0) is 14.0. The van der Waals surface area contributed by atoms with Crippen molar-refractivity contribution < 1.29 is 0 Å². The second-order valence-corrected chi connectivity index (χ2v) is 6.70. The second-order valence-electron chi connectivity index (χ2n) is 5.24. The van der Waals surface area contributed by atoms with Crippen LogP contribution >= 0.6 is 11.3 Å². The number of hydrogen-bond donors (Lipinski definition) is 1. The average molecular weight is 275 g/mol. The Labute approximate surface area is 119 Å². The molecule has 4 heteroatoms. The van der Waals surface area contributed by atoms with Crippen LogP contribution in [0.1, 0.15) is 29.3 Å². The van der Waals surface area contributed by atoms with Gasteiger partial charge in [0.2, 0.25) is 0 Å². The van der Waals surface area contributed by atoms with Crippen molar-refractivity contribution in [3.63, 3.8) is 0 Å². The number of hydrogen-bond acceptors (Lipinski definition) is 4. The Kier molecular flexibility index (Phi) is 4.20. The van der Waals surface area contributed by atoms with Crippen LogP contribution < -0.4 is 5.32 Å². The van der Waals surface area contributed by atoms with Crippen LogP contribution in [-0.4, -0.2) is 17.0 Å². The van der Waals surface area contributed by atoms with E-state index in [2.05, 4.69) is 44.1 Å². The maximum Gasteiger partial charge on any atom is 0.162 e. The standard InChI is InChI=1S/C15H21N3S/c1-9(2)6-12-8-14(16-5)18-15(17-12)13-7-10(3)19-11(13)4/h7-9H,6H2,1-5H3,(H,16,17,18). The van der Waals surface area contributed by atoms with Crippen LogP contribution in [0, 0.1) is 19.8 Å². The van der Waals surface area contributed by atoms with Crippen molar-refractivity contribution in [1.29, 1.82) is 0 Å². The first-order valence-electron chi connectivity index (χ1n) is 6.62. The largest absolute Gasteiger partial charge is 0.373 e. The SMILES string of the molecule is CNc1cc(CC(C)C)nc(-c2cc(C)sc2C)n1. The molecule has 3 nitrogen and oxygen atoms in total. The van der Waals surface area contributed by atoms with Gasteiger partial charge < -0.3 is 5.32 Å². The summed E-state index contributed by atoms with van der Waals surface area (Å²) in [4.78, 5) is 11.9. The van der Waals surface area contributed by atoms with Gasteiger partial charge in [-0.25, -0.2) is 9.97 Å². The number of thiophene rings is 1. The smallest absolute Gasteiger partial charge is 0.162 e. The predicted octanol–water partition coefficient (Wildman–Crippen LogP) is 4.06. The average Bonchev–Trinajstić information content (AvgIpc) is 2.67. The number of aryl methyl sites for hydroxylation is 2. The zero-order valence-electron chi connectivity index (χ0n) is 12.2. The normalized spacial score (nSPS) is 11.1. The molecule has 2 aromatic heterocycles. The Morgan fingerprint density at radius 1 is 1.21 bits per heavy atom. The summed E-state index contributed by atoms with van der Waals surface area (Å²) in [5.74, 6) is 2.33. The molecule has 0 saturated heterocycles. The van der Waals surface area contributed by atoms with E-state index < -0.39 is 0 Å². The Hall–Kier alpha value is -1.42. The van der Waals surface area contributed by atoms with Gasteiger partial charge in [0.1, 0.15) is 5.82 Å². The topological polar surface area (TPSA) is 37.8 Å². The molecular formula is C15H21N3S. The van der Waals surface area contributed by atoms with E-state index in [4.69, 9.17) is 4.98 Å². The molecule has 0 radical (unpaired) electrons. The van der Waals surface area contributed by atoms with Crippen LogP contribution in [-0.2, 0) is 6.42 Å². The molecule has 19 heavy (non-hydrogen) atoms. The molecule has 2 rings (SSSR count). The first-order valence-corrected chi connectivity index (χ1v) is 7.44. The molecule has 0 unspecified atom stereocenters. The van der Waals surface area contributed by atoms with Gasteiger partial charge in [-0.1, -0.05) is 13.8 Å². The van der Waals surface area contributed by atoms with Gasteiger partial charge in [0.05, 0.1) is 0 Å². The fraction of sp³-hybridized carbons (Fsp3) is 0.467. The lowest BCUT2D eigenvalue weighted by atomic mass is 10.1. The van der Waals surface area contributed by atoms with Crippen LogP contribution in [0.2, 0.25) is 0 Å². The lowest BCUT2D eigenvalue weighted by Gasteiger charge is -2.09. The Bertz CT molecular complexity index is 573. The van der Waals surface area contributed by atoms with E-state index in [9.17, 15) is 0 Å². The van der Waals surface area contributed by atoms with Crippen LogP contribution in [0.4, 0.5) is 5.82 Å². The molecule has 0 bridgehead atoms. The quantitative estimate of drug-likeness (QED) is 0.914. The minimum Gasteiger partial charge on any atom is -0.373 e. The molecule has 0 atom stereocenters. The van der Waals surface area contributed by atoms with Gasteiger partial charge in [-0.3, -0.25) is 0 Å². The van der Waals surface area contributed by atoms with E-state index in [1.54, 1.807) is 11.3 Å². The fourth-order valence-corrected chi connectivity index (χ4v) is 3.04. The van der Waals surface area contributed by atoms with Crippen molar-refractivity contribution in [3.8, 4) is 11.4 Å². The highest BCUT2D eigenvalue weighted by Gasteiger charge is 2.12. The highest BCUT2D eigenvalue weighted by atomic mass is 32.1. The van der Waals surface area contributed by atoms with Crippen molar-refractivity contribution in [3.05, 3.63) is 27.6 Å². The Balaban J connectivity index is 2.47. The summed E-state index contributed by atoms with van der Waals surface area (Å²) >= 11 is 1.80. The van der Waals surface area contributed by atoms with Gasteiger partial charge in [0, 0.05) is 34.1 Å². The van der Waals surface area contributed by atoms with Crippen molar-refractivity contribution in [1.82, 2.24) is 9.97 Å². The third-order valence-electron chi connectivity index (χ3n) is 2.93. The van der Waals surface area contributed by atoms with Gasteiger partial charge >= 0.3 is 0 Å². The molecular weight excluding hydrogens is 254 g/mol. The summed E-state index contributed by atoms with van der Waals surface area (Å²) in [6, 6.07) is 4.21. The zero-order valence-corrected chi connectivity index (χ0v) is 13.1. The number of nitrogens with zero attached hydrogens (tertiary/aromatic N) is 2. The van der Waals surface area contributed by atoms with Crippen molar-refractivity contribution in [2.75, 3.05) is 12.4 Å². The van der Waals surface area contributed by atoms with E-state index in [0.717, 1.165) is 29.3 Å². The van der Waals surface area contributed by atoms with Crippen LogP contribution in [0.3, 0.4) is 0 Å². The maximum atomic E-state index is 4.72. The summed E-state index contributed by atoms with van der Waals surface area (Å²) < 4.78 is 0. The molecule has 0 amide bonds. The maximum absolute atomic E-state index is 4.72. The van der Waals surface area contributed by atoms with E-state index >= 15 is 0 Å². The monoisotopic (exact) mass is 275 g/mol. The molecule has 2 aromatic rings. The first-order chi connectivity index (χ1) is 8.99. The highest BCUT2D eigenvalue weighted by molar-refractivity contribution is 7.12. The summed E-state index contributed by atoms with van der Waals surface area (Å²) in [7, 11) is 1.90. The third kappa shape index (κ3) is 3.32. The number of nitrogens with one attached hydrogen (secondary N) is 1. The second kappa shape index (κ2) is 5.70. The van der Waals surface area contributed by atoms with Gasteiger partial charge in [0.15, 0.2) is 5.82 Å². The molecule has 102 valence electrons. The number of anilines is 1. The van der Waals surface area contributed by atoms with Gasteiger partial charge in [0.25, 0.3) is 0 Å². The number of rotatable bonds is 4. The fourth-order valence-electron chi connectivity index (χ4n) is 2.12. The summed E-state index contributed by atoms with van der Waals surface area (Å²) in [5.41, 5.74) is 2.26. The van der Waals surface area contributed by atoms with Crippen molar-refractivity contribution in [2.45, 2.75) is 34.1 Å². The van der Waals surface area contributed by atoms with E-state index in [1.807, 2.05) is 13.1 Å².